The van der Waals surface area contributed by atoms with Gasteiger partial charge in [0.15, 0.2) is 5.96 Å². The zero-order valence-corrected chi connectivity index (χ0v) is 16.5. The largest absolute Gasteiger partial charge is 0.496 e. The van der Waals surface area contributed by atoms with E-state index in [0.29, 0.717) is 13.0 Å². The van der Waals surface area contributed by atoms with E-state index in [9.17, 15) is 4.79 Å². The molecule has 0 bridgehead atoms. The molecule has 0 saturated carbocycles. The van der Waals surface area contributed by atoms with Crippen LogP contribution < -0.4 is 15.4 Å². The van der Waals surface area contributed by atoms with E-state index in [2.05, 4.69) is 36.6 Å². The first-order valence-corrected chi connectivity index (χ1v) is 9.53. The molecule has 1 aliphatic heterocycles. The molecule has 0 spiro atoms. The van der Waals surface area contributed by atoms with E-state index in [4.69, 9.17) is 9.73 Å². The molecule has 2 rings (SSSR count). The number of methoxy groups -OCH3 is 1. The maximum atomic E-state index is 11.8. The van der Waals surface area contributed by atoms with E-state index >= 15 is 0 Å². The summed E-state index contributed by atoms with van der Waals surface area (Å²) in [5.41, 5.74) is 2.40. The Hall–Kier alpha value is -2.24. The highest BCUT2D eigenvalue weighted by molar-refractivity contribution is 5.80. The van der Waals surface area contributed by atoms with Crippen molar-refractivity contribution in [3.8, 4) is 5.75 Å². The minimum absolute atomic E-state index is 0.225. The zero-order valence-electron chi connectivity index (χ0n) is 16.5. The van der Waals surface area contributed by atoms with Gasteiger partial charge in [0, 0.05) is 38.6 Å². The fraction of sp³-hybridized carbons (Fsp3) is 0.600. The van der Waals surface area contributed by atoms with Gasteiger partial charge >= 0.3 is 0 Å². The Morgan fingerprint density at radius 3 is 2.88 bits per heavy atom. The van der Waals surface area contributed by atoms with Gasteiger partial charge in [-0.2, -0.15) is 0 Å². The number of nitrogens with one attached hydrogen (secondary N) is 2. The van der Waals surface area contributed by atoms with Crippen LogP contribution in [0, 0.1) is 6.92 Å². The number of aliphatic imine (C=N–C) groups is 1. The van der Waals surface area contributed by atoms with Crippen LogP contribution in [0.15, 0.2) is 23.2 Å². The molecule has 1 heterocycles. The van der Waals surface area contributed by atoms with E-state index in [1.165, 1.54) is 11.1 Å². The second-order valence-corrected chi connectivity index (χ2v) is 6.65. The number of hydrogen-bond donors (Lipinski definition) is 2. The summed E-state index contributed by atoms with van der Waals surface area (Å²) < 4.78 is 5.44. The molecule has 6 nitrogen and oxygen atoms in total. The number of ether oxygens (including phenoxy) is 1. The summed E-state index contributed by atoms with van der Waals surface area (Å²) in [4.78, 5) is 18.5. The predicted molar refractivity (Wildman–Crippen MR) is 106 cm³/mol. The van der Waals surface area contributed by atoms with E-state index in [1.54, 1.807) is 7.11 Å². The molecule has 0 radical (unpaired) electrons. The van der Waals surface area contributed by atoms with Crippen molar-refractivity contribution < 1.29 is 9.53 Å². The summed E-state index contributed by atoms with van der Waals surface area (Å²) in [6.07, 6.45) is 2.35. The van der Waals surface area contributed by atoms with Gasteiger partial charge in [-0.05, 0) is 38.3 Å². The van der Waals surface area contributed by atoms with Crippen LogP contribution in [-0.4, -0.2) is 56.1 Å². The third-order valence-corrected chi connectivity index (χ3v) is 4.62. The Morgan fingerprint density at radius 1 is 1.38 bits per heavy atom. The number of carbonyl (C=O) groups excluding carboxylic acids is 1. The number of aryl methyl sites for hydroxylation is 1. The van der Waals surface area contributed by atoms with E-state index < -0.39 is 0 Å². The van der Waals surface area contributed by atoms with Gasteiger partial charge in [-0.25, -0.2) is 0 Å². The van der Waals surface area contributed by atoms with Crippen molar-refractivity contribution in [2.24, 2.45) is 4.99 Å². The predicted octanol–water partition coefficient (Wildman–Crippen LogP) is 2.11. The molecule has 0 aliphatic carbocycles. The number of rotatable bonds is 7. The molecule has 1 aromatic carbocycles. The Morgan fingerprint density at radius 2 is 2.19 bits per heavy atom. The minimum Gasteiger partial charge on any atom is -0.496 e. The summed E-state index contributed by atoms with van der Waals surface area (Å²) in [7, 11) is 1.70. The molecule has 2 N–H and O–H groups in total. The van der Waals surface area contributed by atoms with Crippen LogP contribution in [0.2, 0.25) is 0 Å². The van der Waals surface area contributed by atoms with Crippen molar-refractivity contribution >= 4 is 11.9 Å². The highest BCUT2D eigenvalue weighted by atomic mass is 16.5. The Bertz CT molecular complexity index is 630. The summed E-state index contributed by atoms with van der Waals surface area (Å²) in [6, 6.07) is 6.48. The standard InChI is InChI=1S/C20H32N4O2/c1-5-19(25)24-12-10-17(14-24)23-20(21-6-2)22-11-9-16-13-15(3)7-8-18(16)26-4/h7-8,13,17H,5-6,9-12,14H2,1-4H3,(H2,21,22,23). The van der Waals surface area contributed by atoms with Crippen molar-refractivity contribution in [3.63, 3.8) is 0 Å². The summed E-state index contributed by atoms with van der Waals surface area (Å²) >= 11 is 0. The lowest BCUT2D eigenvalue weighted by Gasteiger charge is -2.18. The number of benzene rings is 1. The van der Waals surface area contributed by atoms with E-state index in [0.717, 1.165) is 44.2 Å². The van der Waals surface area contributed by atoms with Gasteiger partial charge in [0.1, 0.15) is 5.75 Å². The van der Waals surface area contributed by atoms with Crippen LogP contribution in [-0.2, 0) is 11.2 Å². The molecular formula is C20H32N4O2. The molecule has 1 fully saturated rings. The molecule has 6 heteroatoms. The molecule has 1 unspecified atom stereocenters. The first-order valence-electron chi connectivity index (χ1n) is 9.53. The van der Waals surface area contributed by atoms with Crippen LogP contribution in [0.1, 0.15) is 37.8 Å². The molecule has 1 saturated heterocycles. The molecule has 1 aliphatic rings. The van der Waals surface area contributed by atoms with Crippen LogP contribution >= 0.6 is 0 Å². The van der Waals surface area contributed by atoms with Gasteiger partial charge in [0.05, 0.1) is 7.11 Å². The van der Waals surface area contributed by atoms with E-state index in [-0.39, 0.29) is 11.9 Å². The van der Waals surface area contributed by atoms with Gasteiger partial charge < -0.3 is 20.3 Å². The topological polar surface area (TPSA) is 66.0 Å². The number of hydrogen-bond acceptors (Lipinski definition) is 3. The second-order valence-electron chi connectivity index (χ2n) is 6.65. The average Bonchev–Trinajstić information content (AvgIpc) is 3.10. The van der Waals surface area contributed by atoms with Crippen LogP contribution in [0.3, 0.4) is 0 Å². The number of likely N-dealkylation sites (tertiary alicyclic amines) is 1. The zero-order chi connectivity index (χ0) is 18.9. The van der Waals surface area contributed by atoms with Gasteiger partial charge in [0.25, 0.3) is 0 Å². The maximum Gasteiger partial charge on any atom is 0.222 e. The average molecular weight is 361 g/mol. The smallest absolute Gasteiger partial charge is 0.222 e. The molecule has 0 aromatic heterocycles. The number of nitrogens with zero attached hydrogens (tertiary/aromatic N) is 2. The molecule has 144 valence electrons. The lowest BCUT2D eigenvalue weighted by molar-refractivity contribution is -0.129. The van der Waals surface area contributed by atoms with Crippen molar-refractivity contribution in [1.82, 2.24) is 15.5 Å². The quantitative estimate of drug-likeness (QED) is 0.577. The molecule has 26 heavy (non-hydrogen) atoms. The van der Waals surface area contributed by atoms with Gasteiger partial charge in [-0.3, -0.25) is 9.79 Å². The van der Waals surface area contributed by atoms with Crippen molar-refractivity contribution in [1.29, 1.82) is 0 Å². The van der Waals surface area contributed by atoms with Gasteiger partial charge in [-0.15, -0.1) is 0 Å². The highest BCUT2D eigenvalue weighted by Crippen LogP contribution is 2.20. The Kier molecular flexibility index (Phi) is 7.75. The summed E-state index contributed by atoms with van der Waals surface area (Å²) in [5, 5.41) is 6.76. The molecule has 1 atom stereocenters. The fourth-order valence-electron chi connectivity index (χ4n) is 3.23. The monoisotopic (exact) mass is 360 g/mol. The van der Waals surface area contributed by atoms with E-state index in [1.807, 2.05) is 17.9 Å². The number of amides is 1. The van der Waals surface area contributed by atoms with Crippen molar-refractivity contribution in [2.45, 2.75) is 46.1 Å². The fourth-order valence-corrected chi connectivity index (χ4v) is 3.23. The normalized spacial score (nSPS) is 17.3. The van der Waals surface area contributed by atoms with Crippen LogP contribution in [0.25, 0.3) is 0 Å². The van der Waals surface area contributed by atoms with Crippen LogP contribution in [0.5, 0.6) is 5.75 Å². The third-order valence-electron chi connectivity index (χ3n) is 4.62. The van der Waals surface area contributed by atoms with Gasteiger partial charge in [0.2, 0.25) is 5.91 Å². The van der Waals surface area contributed by atoms with Crippen molar-refractivity contribution in [3.05, 3.63) is 29.3 Å². The Balaban J connectivity index is 1.93. The van der Waals surface area contributed by atoms with Crippen LogP contribution in [0.4, 0.5) is 0 Å². The molecular weight excluding hydrogens is 328 g/mol. The summed E-state index contributed by atoms with van der Waals surface area (Å²) in [5.74, 6) is 1.95. The highest BCUT2D eigenvalue weighted by Gasteiger charge is 2.25. The Labute approximate surface area is 157 Å². The third kappa shape index (κ3) is 5.64. The number of carbonyl (C=O) groups is 1. The maximum absolute atomic E-state index is 11.8. The SMILES string of the molecule is CCNC(=NCCc1cc(C)ccc1OC)NC1CCN(C(=O)CC)C1. The number of guanidine groups is 1. The first kappa shape index (κ1) is 20.1. The molecule has 1 amide bonds. The lowest BCUT2D eigenvalue weighted by atomic mass is 10.1. The first-order chi connectivity index (χ1) is 12.6. The van der Waals surface area contributed by atoms with Crippen molar-refractivity contribution in [2.75, 3.05) is 33.3 Å². The minimum atomic E-state index is 0.225. The van der Waals surface area contributed by atoms with Gasteiger partial charge in [-0.1, -0.05) is 24.6 Å². The second kappa shape index (κ2) is 10.0. The molecule has 1 aromatic rings. The lowest BCUT2D eigenvalue weighted by Crippen LogP contribution is -2.45. The summed E-state index contributed by atoms with van der Waals surface area (Å²) in [6.45, 7) is 9.12.